The third kappa shape index (κ3) is 2.72. The molecule has 0 aliphatic rings. The molecule has 0 radical (unpaired) electrons. The Balaban J connectivity index is 3.58. The second-order valence-corrected chi connectivity index (χ2v) is 5.84. The number of hydrogen-bond acceptors (Lipinski definition) is 2. The van der Waals surface area contributed by atoms with Crippen LogP contribution >= 0.6 is 67.8 Å². The number of hydrogen-bond donors (Lipinski definition) is 2. The van der Waals surface area contributed by atoms with Crippen LogP contribution in [0.3, 0.4) is 0 Å². The van der Waals surface area contributed by atoms with E-state index >= 15 is 0 Å². The van der Waals surface area contributed by atoms with E-state index in [9.17, 15) is 9.59 Å². The summed E-state index contributed by atoms with van der Waals surface area (Å²) in [5.41, 5.74) is 0.292. The molecule has 0 aromatic heterocycles. The van der Waals surface area contributed by atoms with Crippen LogP contribution in [0.5, 0.6) is 0 Å². The minimum atomic E-state index is -1.05. The maximum atomic E-state index is 10.9. The molecule has 0 bridgehead atoms. The summed E-state index contributed by atoms with van der Waals surface area (Å²) in [5.74, 6) is -2.09. The van der Waals surface area contributed by atoms with Crippen molar-refractivity contribution < 1.29 is 19.8 Å². The van der Waals surface area contributed by atoms with Gasteiger partial charge in [-0.25, -0.2) is 9.59 Å². The van der Waals surface area contributed by atoms with Crippen LogP contribution < -0.4 is 0 Å². The molecule has 7 heteroatoms. The number of aromatic carboxylic acids is 2. The summed E-state index contributed by atoms with van der Waals surface area (Å²) in [6, 6.07) is 1.37. The zero-order valence-corrected chi connectivity index (χ0v) is 13.4. The Hall–Kier alpha value is 0.350. The minimum Gasteiger partial charge on any atom is -0.478 e. The van der Waals surface area contributed by atoms with Crippen molar-refractivity contribution >= 4 is 79.7 Å². The van der Waals surface area contributed by atoms with Crippen molar-refractivity contribution in [3.63, 3.8) is 0 Å². The van der Waals surface area contributed by atoms with E-state index in [4.69, 9.17) is 10.2 Å². The van der Waals surface area contributed by atoms with Gasteiger partial charge in [0.05, 0.1) is 11.1 Å². The van der Waals surface area contributed by atoms with Gasteiger partial charge >= 0.3 is 11.9 Å². The van der Waals surface area contributed by atoms with E-state index in [0.29, 0.717) is 10.7 Å². The number of carbonyl (C=O) groups is 2. The molecule has 2 N–H and O–H groups in total. The first kappa shape index (κ1) is 13.4. The summed E-state index contributed by atoms with van der Waals surface area (Å²) < 4.78 is 1.35. The molecule has 1 aromatic rings. The summed E-state index contributed by atoms with van der Waals surface area (Å²) in [6.07, 6.45) is 0. The van der Waals surface area contributed by atoms with E-state index in [1.165, 1.54) is 6.07 Å². The molecule has 15 heavy (non-hydrogen) atoms. The van der Waals surface area contributed by atoms with Crippen LogP contribution in [0.4, 0.5) is 0 Å². The van der Waals surface area contributed by atoms with Gasteiger partial charge in [-0.05, 0) is 73.8 Å². The summed E-state index contributed by atoms with van der Waals surface area (Å²) in [5, 5.41) is 17.8. The molecule has 0 fully saturated rings. The van der Waals surface area contributed by atoms with E-state index in [1.54, 1.807) is 0 Å². The Morgan fingerprint density at radius 3 is 1.93 bits per heavy atom. The third-order valence-corrected chi connectivity index (χ3v) is 5.68. The fourth-order valence-electron chi connectivity index (χ4n) is 0.947. The molecular weight excluding hydrogens is 541 g/mol. The van der Waals surface area contributed by atoms with Crippen molar-refractivity contribution in [2.75, 3.05) is 0 Å². The highest BCUT2D eigenvalue weighted by atomic mass is 127. The number of carboxylic acid groups (broad SMARTS) is 2. The smallest absolute Gasteiger partial charge is 0.337 e. The molecule has 0 aliphatic heterocycles. The van der Waals surface area contributed by atoms with E-state index in [1.807, 2.05) is 67.8 Å². The molecule has 0 heterocycles. The molecule has 0 spiro atoms. The van der Waals surface area contributed by atoms with Gasteiger partial charge in [0.15, 0.2) is 0 Å². The molecule has 0 saturated carbocycles. The van der Waals surface area contributed by atoms with E-state index in [-0.39, 0.29) is 11.1 Å². The number of carboxylic acids is 2. The Kier molecular flexibility index (Phi) is 4.58. The molecule has 0 unspecified atom stereocenters. The standard InChI is InChI=1S/C8H3I3O4/c9-3-1-2(7(12)13)5(10)6(11)4(3)8(14)15/h1H,(H,12,13)(H,14,15). The summed E-state index contributed by atoms with van der Waals surface area (Å²) >= 11 is 5.51. The van der Waals surface area contributed by atoms with E-state index in [2.05, 4.69) is 0 Å². The molecule has 0 aliphatic carbocycles. The van der Waals surface area contributed by atoms with Crippen molar-refractivity contribution in [2.24, 2.45) is 0 Å². The van der Waals surface area contributed by atoms with Gasteiger partial charge < -0.3 is 10.2 Å². The largest absolute Gasteiger partial charge is 0.478 e. The Labute approximate surface area is 126 Å². The van der Waals surface area contributed by atoms with Crippen molar-refractivity contribution in [1.82, 2.24) is 0 Å². The fraction of sp³-hybridized carbons (Fsp3) is 0. The summed E-state index contributed by atoms with van der Waals surface area (Å²) in [7, 11) is 0. The first-order chi connectivity index (χ1) is 6.86. The minimum absolute atomic E-state index is 0.134. The van der Waals surface area contributed by atoms with Crippen molar-refractivity contribution in [1.29, 1.82) is 0 Å². The van der Waals surface area contributed by atoms with Gasteiger partial charge in [-0.1, -0.05) is 0 Å². The number of halogens is 3. The van der Waals surface area contributed by atoms with Gasteiger partial charge in [0, 0.05) is 10.7 Å². The van der Waals surface area contributed by atoms with Crippen molar-refractivity contribution in [3.8, 4) is 0 Å². The first-order valence-corrected chi connectivity index (χ1v) is 6.74. The highest BCUT2D eigenvalue weighted by Crippen LogP contribution is 2.27. The van der Waals surface area contributed by atoms with Gasteiger partial charge in [0.1, 0.15) is 0 Å². The van der Waals surface area contributed by atoms with Crippen LogP contribution in [0.25, 0.3) is 0 Å². The van der Waals surface area contributed by atoms with Crippen LogP contribution in [0.1, 0.15) is 20.7 Å². The second kappa shape index (κ2) is 5.12. The molecule has 0 saturated heterocycles. The zero-order valence-electron chi connectivity index (χ0n) is 6.92. The molecule has 0 atom stereocenters. The van der Waals surface area contributed by atoms with Crippen LogP contribution in [-0.2, 0) is 0 Å². The molecule has 1 aromatic carbocycles. The quantitative estimate of drug-likeness (QED) is 0.444. The van der Waals surface area contributed by atoms with Crippen molar-refractivity contribution in [3.05, 3.63) is 27.9 Å². The topological polar surface area (TPSA) is 74.6 Å². The summed E-state index contributed by atoms with van der Waals surface area (Å²) in [4.78, 5) is 21.8. The van der Waals surface area contributed by atoms with E-state index in [0.717, 1.165) is 0 Å². The second-order valence-electron chi connectivity index (χ2n) is 2.52. The van der Waals surface area contributed by atoms with Gasteiger partial charge in [-0.15, -0.1) is 0 Å². The van der Waals surface area contributed by atoms with Crippen LogP contribution in [0.15, 0.2) is 6.07 Å². The molecule has 4 nitrogen and oxygen atoms in total. The lowest BCUT2D eigenvalue weighted by Gasteiger charge is -2.07. The fourth-order valence-corrected chi connectivity index (χ4v) is 3.74. The lowest BCUT2D eigenvalue weighted by Crippen LogP contribution is -2.10. The lowest BCUT2D eigenvalue weighted by atomic mass is 10.1. The predicted molar refractivity (Wildman–Crippen MR) is 78.5 cm³/mol. The highest BCUT2D eigenvalue weighted by Gasteiger charge is 2.21. The van der Waals surface area contributed by atoms with E-state index < -0.39 is 11.9 Å². The van der Waals surface area contributed by atoms with Crippen LogP contribution in [0.2, 0.25) is 0 Å². The first-order valence-electron chi connectivity index (χ1n) is 3.50. The third-order valence-electron chi connectivity index (χ3n) is 1.60. The van der Waals surface area contributed by atoms with Crippen LogP contribution in [-0.4, -0.2) is 22.2 Å². The number of rotatable bonds is 2. The van der Waals surface area contributed by atoms with Gasteiger partial charge in [-0.2, -0.15) is 0 Å². The van der Waals surface area contributed by atoms with Crippen molar-refractivity contribution in [2.45, 2.75) is 0 Å². The predicted octanol–water partition coefficient (Wildman–Crippen LogP) is 2.90. The Bertz CT molecular complexity index is 456. The van der Waals surface area contributed by atoms with Gasteiger partial charge in [0.25, 0.3) is 0 Å². The monoisotopic (exact) mass is 544 g/mol. The average molecular weight is 544 g/mol. The maximum absolute atomic E-state index is 10.9. The number of benzene rings is 1. The normalized spacial score (nSPS) is 10.1. The van der Waals surface area contributed by atoms with Crippen LogP contribution in [0, 0.1) is 10.7 Å². The molecule has 80 valence electrons. The Morgan fingerprint density at radius 1 is 1.00 bits per heavy atom. The molecule has 0 amide bonds. The summed E-state index contributed by atoms with van der Waals surface area (Å²) in [6.45, 7) is 0. The zero-order chi connectivity index (χ0) is 11.7. The van der Waals surface area contributed by atoms with Gasteiger partial charge in [0.2, 0.25) is 0 Å². The average Bonchev–Trinajstić information content (AvgIpc) is 2.10. The maximum Gasteiger partial charge on any atom is 0.337 e. The SMILES string of the molecule is O=C(O)c1cc(I)c(C(=O)O)c(I)c1I. The molecule has 1 rings (SSSR count). The van der Waals surface area contributed by atoms with Gasteiger partial charge in [-0.3, -0.25) is 0 Å². The molecular formula is C8H3I3O4. The highest BCUT2D eigenvalue weighted by molar-refractivity contribution is 14.1. The Morgan fingerprint density at radius 2 is 1.53 bits per heavy atom. The lowest BCUT2D eigenvalue weighted by molar-refractivity contribution is 0.0678.